The molecule has 0 spiro atoms. The molecular weight excluding hydrogens is 340 g/mol. The number of hydrogen-bond donors (Lipinski definition) is 2. The highest BCUT2D eigenvalue weighted by Gasteiger charge is 2.42. The molecule has 27 heavy (non-hydrogen) atoms. The molecule has 2 aromatic rings. The normalized spacial score (nSPS) is 27.7. The first kappa shape index (κ1) is 18.3. The monoisotopic (exact) mass is 368 g/mol. The number of nitrogens with zero attached hydrogens (tertiary/aromatic N) is 2. The fourth-order valence-electron chi connectivity index (χ4n) is 4.89. The molecule has 2 aliphatic rings. The highest BCUT2D eigenvalue weighted by Crippen LogP contribution is 2.37. The SMILES string of the molecule is Cc1c(C(=O)N2C[C@H]3C[C@H](O)[C@H](O)C[C@H]3C2)cccc1-n1c(C)ccc1C. The quantitative estimate of drug-likeness (QED) is 0.856. The average Bonchev–Trinajstić information content (AvgIpc) is 3.18. The molecule has 1 saturated carbocycles. The lowest BCUT2D eigenvalue weighted by Crippen LogP contribution is -2.38. The summed E-state index contributed by atoms with van der Waals surface area (Å²) in [6.45, 7) is 7.49. The molecule has 1 aromatic heterocycles. The van der Waals surface area contributed by atoms with Crippen molar-refractivity contribution in [3.05, 3.63) is 52.8 Å². The Morgan fingerprint density at radius 2 is 1.48 bits per heavy atom. The van der Waals surface area contributed by atoms with Gasteiger partial charge in [-0.1, -0.05) is 6.07 Å². The van der Waals surface area contributed by atoms with Crippen LogP contribution in [0.4, 0.5) is 0 Å². The fourth-order valence-corrected chi connectivity index (χ4v) is 4.89. The second-order valence-corrected chi connectivity index (χ2v) is 8.24. The highest BCUT2D eigenvalue weighted by molar-refractivity contribution is 5.96. The topological polar surface area (TPSA) is 65.7 Å². The minimum atomic E-state index is -0.661. The number of hydrogen-bond acceptors (Lipinski definition) is 3. The number of aromatic nitrogens is 1. The van der Waals surface area contributed by atoms with E-state index in [2.05, 4.69) is 36.6 Å². The summed E-state index contributed by atoms with van der Waals surface area (Å²) in [5.41, 5.74) is 5.06. The summed E-state index contributed by atoms with van der Waals surface area (Å²) in [6, 6.07) is 10.1. The van der Waals surface area contributed by atoms with E-state index in [1.54, 1.807) is 0 Å². The molecule has 1 aromatic carbocycles. The number of rotatable bonds is 2. The lowest BCUT2D eigenvalue weighted by Gasteiger charge is -2.31. The Bertz CT molecular complexity index is 835. The summed E-state index contributed by atoms with van der Waals surface area (Å²) in [7, 11) is 0. The number of amides is 1. The molecule has 2 N–H and O–H groups in total. The summed E-state index contributed by atoms with van der Waals surface area (Å²) in [4.78, 5) is 15.2. The van der Waals surface area contributed by atoms with Gasteiger partial charge in [0.2, 0.25) is 0 Å². The van der Waals surface area contributed by atoms with Crippen LogP contribution in [0.25, 0.3) is 5.69 Å². The van der Waals surface area contributed by atoms with Crippen LogP contribution in [0.3, 0.4) is 0 Å². The van der Waals surface area contributed by atoms with Gasteiger partial charge in [-0.25, -0.2) is 0 Å². The molecule has 2 heterocycles. The number of benzene rings is 1. The van der Waals surface area contributed by atoms with Crippen molar-refractivity contribution in [2.24, 2.45) is 11.8 Å². The van der Waals surface area contributed by atoms with Gasteiger partial charge >= 0.3 is 0 Å². The number of aryl methyl sites for hydroxylation is 2. The van der Waals surface area contributed by atoms with Crippen LogP contribution in [0.5, 0.6) is 0 Å². The molecule has 0 radical (unpaired) electrons. The molecule has 1 amide bonds. The van der Waals surface area contributed by atoms with Crippen molar-refractivity contribution in [2.75, 3.05) is 13.1 Å². The zero-order chi connectivity index (χ0) is 19.3. The molecule has 4 atom stereocenters. The van der Waals surface area contributed by atoms with Crippen molar-refractivity contribution >= 4 is 5.91 Å². The fraction of sp³-hybridized carbons (Fsp3) is 0.500. The molecule has 5 nitrogen and oxygen atoms in total. The van der Waals surface area contributed by atoms with Gasteiger partial charge in [0, 0.05) is 35.7 Å². The van der Waals surface area contributed by atoms with Gasteiger partial charge in [-0.2, -0.15) is 0 Å². The Balaban J connectivity index is 1.61. The van der Waals surface area contributed by atoms with E-state index in [0.717, 1.165) is 28.2 Å². The van der Waals surface area contributed by atoms with Gasteiger partial charge in [0.15, 0.2) is 0 Å². The second kappa shape index (κ2) is 6.80. The average molecular weight is 368 g/mol. The molecule has 1 saturated heterocycles. The predicted octanol–water partition coefficient (Wildman–Crippen LogP) is 2.61. The zero-order valence-electron chi connectivity index (χ0n) is 16.2. The van der Waals surface area contributed by atoms with Crippen LogP contribution in [0.2, 0.25) is 0 Å². The van der Waals surface area contributed by atoms with Gasteiger partial charge in [0.05, 0.1) is 12.2 Å². The van der Waals surface area contributed by atoms with Gasteiger partial charge in [0.1, 0.15) is 0 Å². The highest BCUT2D eigenvalue weighted by atomic mass is 16.3. The van der Waals surface area contributed by atoms with E-state index in [4.69, 9.17) is 0 Å². The number of carbonyl (C=O) groups is 1. The van der Waals surface area contributed by atoms with Crippen LogP contribution < -0.4 is 0 Å². The molecule has 1 aliphatic carbocycles. The molecule has 5 heteroatoms. The maximum Gasteiger partial charge on any atom is 0.254 e. The van der Waals surface area contributed by atoms with Crippen LogP contribution in [-0.2, 0) is 0 Å². The van der Waals surface area contributed by atoms with Crippen molar-refractivity contribution in [1.29, 1.82) is 0 Å². The lowest BCUT2D eigenvalue weighted by atomic mass is 9.79. The summed E-state index contributed by atoms with van der Waals surface area (Å²) in [6.07, 6.45) is -0.163. The van der Waals surface area contributed by atoms with Crippen LogP contribution in [0, 0.1) is 32.6 Å². The van der Waals surface area contributed by atoms with E-state index < -0.39 is 12.2 Å². The summed E-state index contributed by atoms with van der Waals surface area (Å²) < 4.78 is 2.18. The van der Waals surface area contributed by atoms with Crippen molar-refractivity contribution < 1.29 is 15.0 Å². The number of likely N-dealkylation sites (tertiary alicyclic amines) is 1. The van der Waals surface area contributed by atoms with Crippen molar-refractivity contribution in [3.63, 3.8) is 0 Å². The molecule has 2 fully saturated rings. The Morgan fingerprint density at radius 1 is 0.926 bits per heavy atom. The Kier molecular flexibility index (Phi) is 4.60. The maximum absolute atomic E-state index is 13.3. The third-order valence-electron chi connectivity index (χ3n) is 6.44. The Labute approximate surface area is 160 Å². The molecular formula is C22H28N2O3. The first-order valence-corrected chi connectivity index (χ1v) is 9.77. The van der Waals surface area contributed by atoms with E-state index in [1.807, 2.05) is 24.0 Å². The van der Waals surface area contributed by atoms with Crippen LogP contribution in [0.1, 0.15) is 40.2 Å². The molecule has 0 unspecified atom stereocenters. The number of fused-ring (bicyclic) bond motifs is 1. The predicted molar refractivity (Wildman–Crippen MR) is 104 cm³/mol. The van der Waals surface area contributed by atoms with Crippen LogP contribution in [-0.4, -0.2) is 50.9 Å². The van der Waals surface area contributed by atoms with E-state index in [-0.39, 0.29) is 17.7 Å². The number of aliphatic hydroxyl groups is 2. The minimum Gasteiger partial charge on any atom is -0.390 e. The molecule has 0 bridgehead atoms. The number of carbonyl (C=O) groups excluding carboxylic acids is 1. The lowest BCUT2D eigenvalue weighted by molar-refractivity contribution is -0.0372. The van der Waals surface area contributed by atoms with E-state index in [9.17, 15) is 15.0 Å². The van der Waals surface area contributed by atoms with Crippen LogP contribution >= 0.6 is 0 Å². The maximum atomic E-state index is 13.3. The minimum absolute atomic E-state index is 0.0511. The van der Waals surface area contributed by atoms with E-state index in [1.165, 1.54) is 0 Å². The first-order chi connectivity index (χ1) is 12.9. The number of aliphatic hydroxyl groups excluding tert-OH is 2. The molecule has 4 rings (SSSR count). The van der Waals surface area contributed by atoms with Crippen LogP contribution in [0.15, 0.2) is 30.3 Å². The summed E-state index contributed by atoms with van der Waals surface area (Å²) in [5.74, 6) is 0.616. The van der Waals surface area contributed by atoms with Gasteiger partial charge in [-0.3, -0.25) is 4.79 Å². The largest absolute Gasteiger partial charge is 0.390 e. The van der Waals surface area contributed by atoms with Gasteiger partial charge in [-0.15, -0.1) is 0 Å². The van der Waals surface area contributed by atoms with Gasteiger partial charge in [0.25, 0.3) is 5.91 Å². The molecule has 1 aliphatic heterocycles. The standard InChI is InChI=1S/C22H28N2O3/c1-13-7-8-14(2)24(13)19-6-4-5-18(15(19)3)22(27)23-11-16-9-20(25)21(26)10-17(16)12-23/h4-8,16-17,20-21,25-26H,9-12H2,1-3H3/t16-,17+,20+,21-. The zero-order valence-corrected chi connectivity index (χ0v) is 16.2. The third-order valence-corrected chi connectivity index (χ3v) is 6.44. The Morgan fingerprint density at radius 3 is 2.04 bits per heavy atom. The van der Waals surface area contributed by atoms with Crippen molar-refractivity contribution in [3.8, 4) is 5.69 Å². The smallest absolute Gasteiger partial charge is 0.254 e. The Hall–Kier alpha value is -2.11. The second-order valence-electron chi connectivity index (χ2n) is 8.24. The van der Waals surface area contributed by atoms with Crippen molar-refractivity contribution in [2.45, 2.75) is 45.8 Å². The first-order valence-electron chi connectivity index (χ1n) is 9.77. The van der Waals surface area contributed by atoms with Gasteiger partial charge < -0.3 is 19.7 Å². The van der Waals surface area contributed by atoms with E-state index >= 15 is 0 Å². The van der Waals surface area contributed by atoms with Crippen molar-refractivity contribution in [1.82, 2.24) is 9.47 Å². The summed E-state index contributed by atoms with van der Waals surface area (Å²) in [5, 5.41) is 19.9. The summed E-state index contributed by atoms with van der Waals surface area (Å²) >= 11 is 0. The molecule has 144 valence electrons. The third kappa shape index (κ3) is 3.09. The van der Waals surface area contributed by atoms with Gasteiger partial charge in [-0.05, 0) is 75.3 Å². The van der Waals surface area contributed by atoms with E-state index in [0.29, 0.717) is 25.9 Å².